The summed E-state index contributed by atoms with van der Waals surface area (Å²) in [6, 6.07) is 18.1. The molecular weight excluding hydrogens is 499 g/mol. The lowest BCUT2D eigenvalue weighted by Crippen LogP contribution is -2.20. The summed E-state index contributed by atoms with van der Waals surface area (Å²) < 4.78 is 6.35. The number of benzene rings is 3. The monoisotopic (exact) mass is 512 g/mol. The van der Waals surface area contributed by atoms with Gasteiger partial charge in [-0.3, -0.25) is 4.79 Å². The highest BCUT2D eigenvalue weighted by molar-refractivity contribution is 9.10. The molecule has 0 aliphatic rings. The molecule has 0 aromatic heterocycles. The van der Waals surface area contributed by atoms with E-state index in [1.54, 1.807) is 24.3 Å². The maximum atomic E-state index is 12.1. The van der Waals surface area contributed by atoms with Crippen LogP contribution in [0, 0.1) is 0 Å². The van der Waals surface area contributed by atoms with Gasteiger partial charge in [-0.2, -0.15) is 0 Å². The molecule has 150 valence electrons. The smallest absolute Gasteiger partial charge is 0.262 e. The molecule has 0 radical (unpaired) electrons. The number of para-hydroxylation sites is 1. The van der Waals surface area contributed by atoms with Crippen LogP contribution in [0.1, 0.15) is 5.56 Å². The van der Waals surface area contributed by atoms with Crippen LogP contribution >= 0.6 is 50.7 Å². The SMILES string of the molecule is O=C(COc1ccc(CNc2ccccc2Cl)cc1Br)Nc1ccc(Cl)c(Cl)c1. The molecule has 0 fully saturated rings. The van der Waals surface area contributed by atoms with Crippen molar-refractivity contribution in [2.75, 3.05) is 17.2 Å². The minimum atomic E-state index is -0.306. The second-order valence-corrected chi connectivity index (χ2v) is 8.14. The summed E-state index contributed by atoms with van der Waals surface area (Å²) in [5.74, 6) is 0.260. The van der Waals surface area contributed by atoms with Crippen LogP contribution in [0.15, 0.2) is 65.1 Å². The third kappa shape index (κ3) is 6.28. The van der Waals surface area contributed by atoms with E-state index in [0.717, 1.165) is 15.7 Å². The van der Waals surface area contributed by atoms with E-state index in [2.05, 4.69) is 26.6 Å². The van der Waals surface area contributed by atoms with Crippen LogP contribution < -0.4 is 15.4 Å². The summed E-state index contributed by atoms with van der Waals surface area (Å²) in [6.07, 6.45) is 0. The lowest BCUT2D eigenvalue weighted by molar-refractivity contribution is -0.118. The van der Waals surface area contributed by atoms with Gasteiger partial charge in [-0.15, -0.1) is 0 Å². The first-order valence-electron chi connectivity index (χ1n) is 8.57. The van der Waals surface area contributed by atoms with E-state index in [-0.39, 0.29) is 12.5 Å². The van der Waals surface area contributed by atoms with Crippen molar-refractivity contribution in [3.63, 3.8) is 0 Å². The van der Waals surface area contributed by atoms with Crippen LogP contribution in [-0.4, -0.2) is 12.5 Å². The highest BCUT2D eigenvalue weighted by atomic mass is 79.9. The molecule has 3 aromatic rings. The molecule has 2 N–H and O–H groups in total. The summed E-state index contributed by atoms with van der Waals surface area (Å²) in [4.78, 5) is 12.1. The molecule has 29 heavy (non-hydrogen) atoms. The molecule has 4 nitrogen and oxygen atoms in total. The molecule has 0 saturated carbocycles. The largest absolute Gasteiger partial charge is 0.483 e. The molecule has 0 saturated heterocycles. The zero-order chi connectivity index (χ0) is 20.8. The van der Waals surface area contributed by atoms with Gasteiger partial charge >= 0.3 is 0 Å². The number of halogens is 4. The van der Waals surface area contributed by atoms with Crippen LogP contribution in [0.4, 0.5) is 11.4 Å². The van der Waals surface area contributed by atoms with Crippen molar-refractivity contribution in [2.45, 2.75) is 6.54 Å². The summed E-state index contributed by atoms with van der Waals surface area (Å²) in [5.41, 5.74) is 2.45. The van der Waals surface area contributed by atoms with Crippen LogP contribution in [0.2, 0.25) is 15.1 Å². The van der Waals surface area contributed by atoms with Gasteiger partial charge in [-0.05, 0) is 64.0 Å². The molecule has 0 aliphatic carbocycles. The fourth-order valence-electron chi connectivity index (χ4n) is 2.49. The summed E-state index contributed by atoms with van der Waals surface area (Å²) in [5, 5.41) is 7.45. The first kappa shape index (κ1) is 21.8. The molecular formula is C21H16BrCl3N2O2. The third-order valence-corrected chi connectivity index (χ3v) is 5.60. The zero-order valence-electron chi connectivity index (χ0n) is 15.0. The van der Waals surface area contributed by atoms with Crippen molar-refractivity contribution in [3.8, 4) is 5.75 Å². The van der Waals surface area contributed by atoms with Gasteiger partial charge in [0.15, 0.2) is 6.61 Å². The van der Waals surface area contributed by atoms with Crippen LogP contribution in [0.5, 0.6) is 5.75 Å². The zero-order valence-corrected chi connectivity index (χ0v) is 18.9. The van der Waals surface area contributed by atoms with Crippen molar-refractivity contribution in [1.82, 2.24) is 0 Å². The Morgan fingerprint density at radius 2 is 1.72 bits per heavy atom. The van der Waals surface area contributed by atoms with Gasteiger partial charge in [-0.25, -0.2) is 0 Å². The number of nitrogens with one attached hydrogen (secondary N) is 2. The van der Waals surface area contributed by atoms with Gasteiger partial charge in [0.1, 0.15) is 5.75 Å². The number of carbonyl (C=O) groups excluding carboxylic acids is 1. The molecule has 3 rings (SSSR count). The number of anilines is 2. The maximum Gasteiger partial charge on any atom is 0.262 e. The number of amides is 1. The van der Waals surface area contributed by atoms with Gasteiger partial charge < -0.3 is 15.4 Å². The van der Waals surface area contributed by atoms with Gasteiger partial charge in [0, 0.05) is 12.2 Å². The van der Waals surface area contributed by atoms with E-state index in [0.29, 0.717) is 33.0 Å². The number of carbonyl (C=O) groups is 1. The lowest BCUT2D eigenvalue weighted by atomic mass is 10.2. The molecule has 0 heterocycles. The molecule has 1 amide bonds. The van der Waals surface area contributed by atoms with Crippen molar-refractivity contribution in [1.29, 1.82) is 0 Å². The second kappa shape index (κ2) is 10.2. The quantitative estimate of drug-likeness (QED) is 0.356. The van der Waals surface area contributed by atoms with Gasteiger partial charge in [-0.1, -0.05) is 53.0 Å². The molecule has 0 bridgehead atoms. The molecule has 0 spiro atoms. The van der Waals surface area contributed by atoms with E-state index in [1.165, 1.54) is 0 Å². The predicted molar refractivity (Wildman–Crippen MR) is 124 cm³/mol. The minimum absolute atomic E-state index is 0.143. The van der Waals surface area contributed by atoms with Gasteiger partial charge in [0.05, 0.1) is 25.2 Å². The summed E-state index contributed by atoms with van der Waals surface area (Å²) >= 11 is 21.4. The summed E-state index contributed by atoms with van der Waals surface area (Å²) in [7, 11) is 0. The normalized spacial score (nSPS) is 10.5. The van der Waals surface area contributed by atoms with Crippen LogP contribution in [0.3, 0.4) is 0 Å². The average molecular weight is 515 g/mol. The van der Waals surface area contributed by atoms with Crippen molar-refractivity contribution in [2.24, 2.45) is 0 Å². The van der Waals surface area contributed by atoms with E-state index < -0.39 is 0 Å². The van der Waals surface area contributed by atoms with E-state index >= 15 is 0 Å². The van der Waals surface area contributed by atoms with Crippen molar-refractivity contribution < 1.29 is 9.53 Å². The second-order valence-electron chi connectivity index (χ2n) is 6.06. The third-order valence-electron chi connectivity index (χ3n) is 3.92. The Morgan fingerprint density at radius 1 is 0.931 bits per heavy atom. The maximum absolute atomic E-state index is 12.1. The van der Waals surface area contributed by atoms with Crippen molar-refractivity contribution >= 4 is 68.0 Å². The predicted octanol–water partition coefficient (Wildman–Crippen LogP) is 7.04. The van der Waals surface area contributed by atoms with E-state index in [1.807, 2.05) is 36.4 Å². The van der Waals surface area contributed by atoms with Gasteiger partial charge in [0.2, 0.25) is 0 Å². The number of ether oxygens (including phenoxy) is 1. The number of rotatable bonds is 7. The molecule has 0 atom stereocenters. The Morgan fingerprint density at radius 3 is 2.45 bits per heavy atom. The Kier molecular flexibility index (Phi) is 7.67. The number of hydrogen-bond acceptors (Lipinski definition) is 3. The molecule has 8 heteroatoms. The topological polar surface area (TPSA) is 50.4 Å². The first-order chi connectivity index (χ1) is 13.9. The number of hydrogen-bond donors (Lipinski definition) is 2. The van der Waals surface area contributed by atoms with Gasteiger partial charge in [0.25, 0.3) is 5.91 Å². The fourth-order valence-corrected chi connectivity index (χ4v) is 3.53. The molecule has 0 aliphatic heterocycles. The highest BCUT2D eigenvalue weighted by Gasteiger charge is 2.09. The van der Waals surface area contributed by atoms with Crippen molar-refractivity contribution in [3.05, 3.63) is 85.8 Å². The average Bonchev–Trinajstić information content (AvgIpc) is 2.69. The first-order valence-corrected chi connectivity index (χ1v) is 10.5. The molecule has 3 aromatic carbocycles. The molecule has 0 unspecified atom stereocenters. The fraction of sp³-hybridized carbons (Fsp3) is 0.0952. The van der Waals surface area contributed by atoms with E-state index in [9.17, 15) is 4.79 Å². The Bertz CT molecular complexity index is 1030. The lowest BCUT2D eigenvalue weighted by Gasteiger charge is -2.12. The van der Waals surface area contributed by atoms with Crippen LogP contribution in [0.25, 0.3) is 0 Å². The Hall–Kier alpha value is -1.92. The van der Waals surface area contributed by atoms with E-state index in [4.69, 9.17) is 39.5 Å². The Labute approximate surface area is 192 Å². The highest BCUT2D eigenvalue weighted by Crippen LogP contribution is 2.28. The van der Waals surface area contributed by atoms with Crippen LogP contribution in [-0.2, 0) is 11.3 Å². The summed E-state index contributed by atoms with van der Waals surface area (Å²) in [6.45, 7) is 0.455. The standard InChI is InChI=1S/C21H16BrCl3N2O2/c22-15-9-13(11-26-19-4-2-1-3-17(19)24)5-8-20(15)29-12-21(28)27-14-6-7-16(23)18(25)10-14/h1-10,26H,11-12H2,(H,27,28). The minimum Gasteiger partial charge on any atom is -0.483 e. The Balaban J connectivity index is 1.54.